The van der Waals surface area contributed by atoms with Crippen LogP contribution in [-0.4, -0.2) is 48.6 Å². The topological polar surface area (TPSA) is 177 Å². The first-order valence-corrected chi connectivity index (χ1v) is 16.5. The fraction of sp³-hybridized carbons (Fsp3) is 0.208. The zero-order valence-electron chi connectivity index (χ0n) is 20.6. The summed E-state index contributed by atoms with van der Waals surface area (Å²) in [6.07, 6.45) is 3.00. The molecule has 0 bridgehead atoms. The van der Waals surface area contributed by atoms with Crippen LogP contribution in [0.5, 0.6) is 5.75 Å². The Morgan fingerprint density at radius 3 is 2.26 bits per heavy atom. The van der Waals surface area contributed by atoms with Crippen molar-refractivity contribution in [3.05, 3.63) is 70.5 Å². The van der Waals surface area contributed by atoms with E-state index in [1.54, 1.807) is 17.0 Å². The zero-order valence-corrected chi connectivity index (χ0v) is 24.0. The number of nitrogens with one attached hydrogen (secondary N) is 1. The van der Waals surface area contributed by atoms with Crippen LogP contribution in [0.3, 0.4) is 0 Å². The lowest BCUT2D eigenvalue weighted by Crippen LogP contribution is -2.44. The number of ether oxygens (including phenoxy) is 1. The molecule has 0 amide bonds. The van der Waals surface area contributed by atoms with E-state index in [0.29, 0.717) is 28.7 Å². The number of aliphatic hydroxyl groups excluding tert-OH is 1. The van der Waals surface area contributed by atoms with Gasteiger partial charge in [0.1, 0.15) is 11.5 Å². The number of hydrogen-bond acceptors (Lipinski definition) is 9. The summed E-state index contributed by atoms with van der Waals surface area (Å²) in [5, 5.41) is 13.0. The van der Waals surface area contributed by atoms with Crippen LogP contribution in [0.4, 0.5) is 5.69 Å². The average molecular weight is 611 g/mol. The van der Waals surface area contributed by atoms with Gasteiger partial charge in [0, 0.05) is 17.5 Å². The van der Waals surface area contributed by atoms with Crippen molar-refractivity contribution in [2.45, 2.75) is 28.7 Å². The molecule has 6 N–H and O–H groups in total. The number of aliphatic hydroxyl groups is 1. The molecule has 2 aromatic rings. The molecule has 0 saturated heterocycles. The summed E-state index contributed by atoms with van der Waals surface area (Å²) < 4.78 is 29.4. The number of ketones is 1. The number of anilines is 1. The van der Waals surface area contributed by atoms with Crippen molar-refractivity contribution in [3.8, 4) is 5.75 Å². The van der Waals surface area contributed by atoms with E-state index >= 15 is 0 Å². The van der Waals surface area contributed by atoms with Gasteiger partial charge in [0.2, 0.25) is 10.8 Å². The maximum atomic E-state index is 13.1. The van der Waals surface area contributed by atoms with Gasteiger partial charge in [0.25, 0.3) is 0 Å². The van der Waals surface area contributed by atoms with E-state index < -0.39 is 26.0 Å². The lowest BCUT2D eigenvalue weighted by atomic mass is 9.87. The molecule has 1 aliphatic carbocycles. The molecule has 206 valence electrons. The highest BCUT2D eigenvalue weighted by Gasteiger charge is 2.44. The lowest BCUT2D eigenvalue weighted by molar-refractivity contribution is -0.113. The van der Waals surface area contributed by atoms with Crippen molar-refractivity contribution in [1.82, 2.24) is 5.32 Å². The Labute approximate surface area is 232 Å². The molecule has 0 radical (unpaired) electrons. The first kappa shape index (κ1) is 28.2. The third kappa shape index (κ3) is 5.15. The number of nitrogens with zero attached hydrogens (tertiary/aromatic N) is 1. The van der Waals surface area contributed by atoms with Crippen molar-refractivity contribution in [2.24, 2.45) is 0 Å². The minimum absolute atomic E-state index is 0.0330. The number of fused-ring (bicyclic) bond motifs is 2. The minimum atomic E-state index is -4.49. The average Bonchev–Trinajstić information content (AvgIpc) is 3.41. The van der Waals surface area contributed by atoms with Crippen molar-refractivity contribution in [2.75, 3.05) is 18.0 Å². The van der Waals surface area contributed by atoms with E-state index in [1.807, 2.05) is 13.8 Å². The first-order chi connectivity index (χ1) is 18.3. The summed E-state index contributed by atoms with van der Waals surface area (Å²) in [6.45, 7) is 4.58. The normalized spacial score (nSPS) is 22.8. The highest BCUT2D eigenvalue weighted by molar-refractivity contribution is 8.03. The Hall–Kier alpha value is -2.31. The maximum absolute atomic E-state index is 13.1. The standard InChI is InChI=1S/C24H24N2O9P2S2/c1-3-25-24(35-18-10-14(37(32,33)34)6-8-20(18)39-24)12-16-22(27)15(23(16)28)11-21-26(4-2)17-9-13(36(29,30)31)5-7-19(17)38-21/h5-12,25,27H,3-4H2,1-2H3,(H2,29,30,31)(H2,32,33,34). The molecule has 0 aromatic heterocycles. The highest BCUT2D eigenvalue weighted by atomic mass is 32.2. The Kier molecular flexibility index (Phi) is 7.20. The number of allylic oxidation sites excluding steroid dienone is 3. The van der Waals surface area contributed by atoms with Crippen LogP contribution < -0.4 is 25.6 Å². The van der Waals surface area contributed by atoms with Gasteiger partial charge in [-0.3, -0.25) is 19.2 Å². The number of benzene rings is 2. The molecule has 2 aliphatic heterocycles. The van der Waals surface area contributed by atoms with Gasteiger partial charge in [-0.1, -0.05) is 30.4 Å². The minimum Gasteiger partial charge on any atom is -0.506 e. The summed E-state index contributed by atoms with van der Waals surface area (Å²) in [6, 6.07) is 8.54. The van der Waals surface area contributed by atoms with Gasteiger partial charge >= 0.3 is 15.2 Å². The number of carbonyl (C=O) groups excluding carboxylic acids is 1. The summed E-state index contributed by atoms with van der Waals surface area (Å²) in [7, 11) is -8.93. The summed E-state index contributed by atoms with van der Waals surface area (Å²) in [5.74, 6) is -0.411. The zero-order chi connectivity index (χ0) is 28.3. The fourth-order valence-corrected chi connectivity index (χ4v) is 7.80. The molecule has 3 aliphatic rings. The van der Waals surface area contributed by atoms with E-state index in [4.69, 9.17) is 4.74 Å². The number of rotatable bonds is 7. The molecular formula is C24H24N2O9P2S2. The van der Waals surface area contributed by atoms with Crippen molar-refractivity contribution >= 4 is 60.8 Å². The van der Waals surface area contributed by atoms with Crippen LogP contribution in [0.25, 0.3) is 0 Å². The number of thioether (sulfide) groups is 2. The van der Waals surface area contributed by atoms with Gasteiger partial charge in [-0.25, -0.2) is 0 Å². The van der Waals surface area contributed by atoms with Gasteiger partial charge in [0.15, 0.2) is 0 Å². The van der Waals surface area contributed by atoms with Crippen LogP contribution in [0, 0.1) is 0 Å². The third-order valence-corrected chi connectivity index (χ3v) is 10.4. The van der Waals surface area contributed by atoms with E-state index in [-0.39, 0.29) is 33.3 Å². The molecule has 11 nitrogen and oxygen atoms in total. The smallest absolute Gasteiger partial charge is 0.356 e. The molecule has 2 aromatic carbocycles. The Morgan fingerprint density at radius 2 is 1.67 bits per heavy atom. The predicted octanol–water partition coefficient (Wildman–Crippen LogP) is 2.84. The van der Waals surface area contributed by atoms with Crippen LogP contribution in [0.1, 0.15) is 13.8 Å². The van der Waals surface area contributed by atoms with Gasteiger partial charge in [-0.2, -0.15) is 0 Å². The molecular weight excluding hydrogens is 586 g/mol. The third-order valence-electron chi connectivity index (χ3n) is 6.18. The number of Topliss-reactive ketones (excluding diaryl/α,β-unsaturated/α-hetero) is 1. The summed E-state index contributed by atoms with van der Waals surface area (Å²) in [4.78, 5) is 54.4. The van der Waals surface area contributed by atoms with Gasteiger partial charge < -0.3 is 34.3 Å². The van der Waals surface area contributed by atoms with E-state index in [1.165, 1.54) is 59.9 Å². The molecule has 0 saturated carbocycles. The van der Waals surface area contributed by atoms with Crippen LogP contribution in [0.15, 0.2) is 80.3 Å². The van der Waals surface area contributed by atoms with Gasteiger partial charge in [0.05, 0.1) is 37.4 Å². The van der Waals surface area contributed by atoms with Crippen LogP contribution >= 0.6 is 38.7 Å². The Bertz CT molecular complexity index is 1590. The second-order valence-electron chi connectivity index (χ2n) is 8.75. The van der Waals surface area contributed by atoms with Crippen LogP contribution in [0.2, 0.25) is 0 Å². The lowest BCUT2D eigenvalue weighted by Gasteiger charge is -2.29. The van der Waals surface area contributed by atoms with E-state index in [9.17, 15) is 38.6 Å². The molecule has 0 spiro atoms. The Balaban J connectivity index is 1.45. The maximum Gasteiger partial charge on any atom is 0.356 e. The summed E-state index contributed by atoms with van der Waals surface area (Å²) in [5.41, 5.74) is 0.721. The van der Waals surface area contributed by atoms with E-state index in [0.717, 1.165) is 4.90 Å². The second kappa shape index (κ2) is 9.95. The van der Waals surface area contributed by atoms with Crippen molar-refractivity contribution in [1.29, 1.82) is 0 Å². The molecule has 1 unspecified atom stereocenters. The molecule has 1 atom stereocenters. The monoisotopic (exact) mass is 610 g/mol. The van der Waals surface area contributed by atoms with Crippen molar-refractivity contribution < 1.29 is 43.3 Å². The van der Waals surface area contributed by atoms with Gasteiger partial charge in [-0.15, -0.1) is 0 Å². The molecule has 39 heavy (non-hydrogen) atoms. The molecule has 2 heterocycles. The number of likely N-dealkylation sites (N-methyl/N-ethyl adjacent to an activating group) is 1. The number of hydrogen-bond donors (Lipinski definition) is 6. The van der Waals surface area contributed by atoms with Crippen LogP contribution in [-0.2, 0) is 13.9 Å². The second-order valence-corrected chi connectivity index (χ2v) is 14.3. The van der Waals surface area contributed by atoms with Crippen molar-refractivity contribution in [3.63, 3.8) is 0 Å². The fourth-order valence-electron chi connectivity index (χ4n) is 4.35. The predicted molar refractivity (Wildman–Crippen MR) is 149 cm³/mol. The Morgan fingerprint density at radius 1 is 1.03 bits per heavy atom. The first-order valence-electron chi connectivity index (χ1n) is 11.7. The quantitative estimate of drug-likeness (QED) is 0.200. The molecule has 5 rings (SSSR count). The molecule has 15 heteroatoms. The number of carbonyl (C=O) groups is 1. The SMILES string of the molecule is CCNC1(C=C2C(=O)C(C=C3Sc4ccc(P(=O)(O)O)cc4N3CC)=C2O)Oc2cc(P(=O)(O)O)ccc2S1. The molecule has 0 fully saturated rings. The van der Waals surface area contributed by atoms with E-state index in [2.05, 4.69) is 5.32 Å². The summed E-state index contributed by atoms with van der Waals surface area (Å²) >= 11 is 2.52. The highest BCUT2D eigenvalue weighted by Crippen LogP contribution is 2.51. The van der Waals surface area contributed by atoms with Gasteiger partial charge in [-0.05, 0) is 55.9 Å². The largest absolute Gasteiger partial charge is 0.506 e.